The molecule has 0 fully saturated rings. The van der Waals surface area contributed by atoms with Crippen LogP contribution in [0.2, 0.25) is 0 Å². The van der Waals surface area contributed by atoms with Crippen LogP contribution in [0, 0.1) is 5.41 Å². The van der Waals surface area contributed by atoms with Gasteiger partial charge in [0, 0.05) is 19.8 Å². The van der Waals surface area contributed by atoms with Gasteiger partial charge in [-0.2, -0.15) is 13.2 Å². The molecule has 1 heterocycles. The second-order valence-electron chi connectivity index (χ2n) is 5.79. The number of aromatic nitrogens is 1. The summed E-state index contributed by atoms with van der Waals surface area (Å²) in [5.74, 6) is -0.797. The van der Waals surface area contributed by atoms with Crippen LogP contribution >= 0.6 is 0 Å². The van der Waals surface area contributed by atoms with Gasteiger partial charge in [-0.15, -0.1) is 0 Å². The summed E-state index contributed by atoms with van der Waals surface area (Å²) in [4.78, 5) is 17.5. The van der Waals surface area contributed by atoms with E-state index >= 15 is 0 Å². The third-order valence-corrected chi connectivity index (χ3v) is 2.94. The summed E-state index contributed by atoms with van der Waals surface area (Å²) in [7, 11) is 1.56. The van der Waals surface area contributed by atoms with Crippen molar-refractivity contribution in [3.05, 3.63) is 23.9 Å². The quantitative estimate of drug-likeness (QED) is 0.871. The van der Waals surface area contributed by atoms with E-state index < -0.39 is 18.7 Å². The van der Waals surface area contributed by atoms with Crippen LogP contribution in [0.15, 0.2) is 18.3 Å². The molecule has 0 aliphatic carbocycles. The Morgan fingerprint density at radius 2 is 2.05 bits per heavy atom. The van der Waals surface area contributed by atoms with Crippen molar-refractivity contribution in [2.45, 2.75) is 20.0 Å². The van der Waals surface area contributed by atoms with E-state index in [9.17, 15) is 18.0 Å². The number of carbonyl (C=O) groups is 1. The zero-order valence-electron chi connectivity index (χ0n) is 12.8. The molecule has 1 rings (SSSR count). The van der Waals surface area contributed by atoms with Gasteiger partial charge in [-0.25, -0.2) is 4.98 Å². The average Bonchev–Trinajstić information content (AvgIpc) is 2.43. The van der Waals surface area contributed by atoms with Gasteiger partial charge in [0.1, 0.15) is 5.56 Å². The van der Waals surface area contributed by atoms with Gasteiger partial charge in [0.2, 0.25) is 5.88 Å². The van der Waals surface area contributed by atoms with Gasteiger partial charge in [0.15, 0.2) is 6.61 Å². The molecule has 0 aliphatic heterocycles. The summed E-state index contributed by atoms with van der Waals surface area (Å²) in [6.07, 6.45) is -3.22. The van der Waals surface area contributed by atoms with E-state index in [4.69, 9.17) is 5.73 Å². The lowest BCUT2D eigenvalue weighted by Gasteiger charge is -2.29. The van der Waals surface area contributed by atoms with E-state index in [2.05, 4.69) is 9.72 Å². The van der Waals surface area contributed by atoms with E-state index in [0.717, 1.165) is 0 Å². The predicted molar refractivity (Wildman–Crippen MR) is 75.6 cm³/mol. The van der Waals surface area contributed by atoms with Crippen molar-refractivity contribution in [3.63, 3.8) is 0 Å². The molecule has 1 aromatic rings. The molecule has 1 amide bonds. The molecular weight excluding hydrogens is 299 g/mol. The highest BCUT2D eigenvalue weighted by atomic mass is 19.4. The van der Waals surface area contributed by atoms with Crippen LogP contribution in [0.4, 0.5) is 13.2 Å². The summed E-state index contributed by atoms with van der Waals surface area (Å²) in [6, 6.07) is 2.85. The molecule has 0 saturated heterocycles. The largest absolute Gasteiger partial charge is 0.467 e. The van der Waals surface area contributed by atoms with Crippen molar-refractivity contribution in [1.82, 2.24) is 9.88 Å². The number of ether oxygens (including phenoxy) is 1. The van der Waals surface area contributed by atoms with Crippen LogP contribution in [0.5, 0.6) is 5.88 Å². The Bertz CT molecular complexity index is 518. The molecule has 8 heteroatoms. The number of rotatable bonds is 6. The average molecular weight is 319 g/mol. The van der Waals surface area contributed by atoms with E-state index in [0.29, 0.717) is 13.1 Å². The van der Waals surface area contributed by atoms with Crippen LogP contribution in [-0.2, 0) is 0 Å². The lowest BCUT2D eigenvalue weighted by atomic mass is 9.93. The molecule has 0 bridgehead atoms. The zero-order valence-corrected chi connectivity index (χ0v) is 12.8. The standard InChI is InChI=1S/C14H20F3N3O2/c1-13(2,7-18)8-20(3)12(21)10-5-4-6-19-11(10)22-9-14(15,16)17/h4-6H,7-9,18H2,1-3H3. The minimum atomic E-state index is -4.49. The summed E-state index contributed by atoms with van der Waals surface area (Å²) < 4.78 is 41.3. The second kappa shape index (κ2) is 6.95. The first-order chi connectivity index (χ1) is 10.1. The molecule has 0 saturated carbocycles. The normalized spacial score (nSPS) is 12.1. The highest BCUT2D eigenvalue weighted by Crippen LogP contribution is 2.22. The molecule has 0 aliphatic rings. The van der Waals surface area contributed by atoms with Crippen molar-refractivity contribution < 1.29 is 22.7 Å². The fraction of sp³-hybridized carbons (Fsp3) is 0.571. The van der Waals surface area contributed by atoms with Crippen LogP contribution in [-0.4, -0.2) is 48.7 Å². The molecule has 0 aromatic carbocycles. The lowest BCUT2D eigenvalue weighted by molar-refractivity contribution is -0.154. The van der Waals surface area contributed by atoms with Crippen LogP contribution < -0.4 is 10.5 Å². The van der Waals surface area contributed by atoms with Gasteiger partial charge in [0.05, 0.1) is 0 Å². The number of nitrogens with zero attached hydrogens (tertiary/aromatic N) is 2. The lowest BCUT2D eigenvalue weighted by Crippen LogP contribution is -2.40. The third-order valence-electron chi connectivity index (χ3n) is 2.94. The summed E-state index contributed by atoms with van der Waals surface area (Å²) >= 11 is 0. The molecule has 124 valence electrons. The molecule has 0 unspecified atom stereocenters. The first-order valence-corrected chi connectivity index (χ1v) is 6.66. The fourth-order valence-corrected chi connectivity index (χ4v) is 1.80. The van der Waals surface area contributed by atoms with E-state index in [1.54, 1.807) is 7.05 Å². The SMILES string of the molecule is CN(CC(C)(C)CN)C(=O)c1cccnc1OCC(F)(F)F. The molecule has 1 aromatic heterocycles. The number of carbonyl (C=O) groups excluding carboxylic acids is 1. The Labute approximate surface area is 127 Å². The van der Waals surface area contributed by atoms with Crippen molar-refractivity contribution in [2.75, 3.05) is 26.7 Å². The predicted octanol–water partition coefficient (Wildman–Crippen LogP) is 2.08. The maximum Gasteiger partial charge on any atom is 0.422 e. The van der Waals surface area contributed by atoms with Crippen molar-refractivity contribution in [2.24, 2.45) is 11.1 Å². The summed E-state index contributed by atoms with van der Waals surface area (Å²) in [5.41, 5.74) is 5.30. The Kier molecular flexibility index (Phi) is 5.76. The highest BCUT2D eigenvalue weighted by Gasteiger charge is 2.30. The Morgan fingerprint density at radius 3 is 2.59 bits per heavy atom. The zero-order chi connectivity index (χ0) is 17.0. The van der Waals surface area contributed by atoms with Crippen molar-refractivity contribution in [3.8, 4) is 5.88 Å². The van der Waals surface area contributed by atoms with Gasteiger partial charge < -0.3 is 15.4 Å². The van der Waals surface area contributed by atoms with E-state index in [1.165, 1.54) is 23.2 Å². The number of nitrogens with two attached hydrogens (primary N) is 1. The number of amides is 1. The highest BCUT2D eigenvalue weighted by molar-refractivity contribution is 5.96. The number of halogens is 3. The Balaban J connectivity index is 2.89. The molecule has 0 spiro atoms. The topological polar surface area (TPSA) is 68.5 Å². The van der Waals surface area contributed by atoms with Gasteiger partial charge >= 0.3 is 6.18 Å². The molecule has 5 nitrogen and oxygen atoms in total. The smallest absolute Gasteiger partial charge is 0.422 e. The summed E-state index contributed by atoms with van der Waals surface area (Å²) in [6.45, 7) is 3.01. The number of hydrogen-bond donors (Lipinski definition) is 1. The van der Waals surface area contributed by atoms with Crippen molar-refractivity contribution >= 4 is 5.91 Å². The van der Waals surface area contributed by atoms with Crippen LogP contribution in [0.25, 0.3) is 0 Å². The Hall–Kier alpha value is -1.83. The molecule has 22 heavy (non-hydrogen) atoms. The van der Waals surface area contributed by atoms with Crippen LogP contribution in [0.1, 0.15) is 24.2 Å². The van der Waals surface area contributed by atoms with Crippen molar-refractivity contribution in [1.29, 1.82) is 0 Å². The maximum atomic E-state index is 12.4. The molecule has 2 N–H and O–H groups in total. The third kappa shape index (κ3) is 5.51. The number of pyridine rings is 1. The monoisotopic (exact) mass is 319 g/mol. The van der Waals surface area contributed by atoms with Crippen LogP contribution in [0.3, 0.4) is 0 Å². The fourth-order valence-electron chi connectivity index (χ4n) is 1.80. The van der Waals surface area contributed by atoms with Gasteiger partial charge in [0.25, 0.3) is 5.91 Å². The first-order valence-electron chi connectivity index (χ1n) is 6.66. The van der Waals surface area contributed by atoms with E-state index in [-0.39, 0.29) is 16.9 Å². The Morgan fingerprint density at radius 1 is 1.41 bits per heavy atom. The minimum Gasteiger partial charge on any atom is -0.467 e. The molecular formula is C14H20F3N3O2. The number of alkyl halides is 3. The second-order valence-corrected chi connectivity index (χ2v) is 5.79. The van der Waals surface area contributed by atoms with Gasteiger partial charge in [-0.05, 0) is 24.1 Å². The van der Waals surface area contributed by atoms with E-state index in [1.807, 2.05) is 13.8 Å². The first kappa shape index (κ1) is 18.2. The molecule has 0 radical (unpaired) electrons. The minimum absolute atomic E-state index is 0.0120. The maximum absolute atomic E-state index is 12.4. The number of hydrogen-bond acceptors (Lipinski definition) is 4. The summed E-state index contributed by atoms with van der Waals surface area (Å²) in [5, 5.41) is 0. The van der Waals surface area contributed by atoms with Gasteiger partial charge in [-0.1, -0.05) is 13.8 Å². The molecule has 0 atom stereocenters. The van der Waals surface area contributed by atoms with Gasteiger partial charge in [-0.3, -0.25) is 4.79 Å².